The van der Waals surface area contributed by atoms with Gasteiger partial charge in [0.05, 0.1) is 5.69 Å². The molecule has 0 bridgehead atoms. The SMILES string of the molecule is CN1CCC(Nc2ccnc(C(N)=S)c2)C1. The van der Waals surface area contributed by atoms with Gasteiger partial charge in [-0.1, -0.05) is 12.2 Å². The van der Waals surface area contributed by atoms with E-state index in [1.54, 1.807) is 6.20 Å². The summed E-state index contributed by atoms with van der Waals surface area (Å²) in [6.07, 6.45) is 2.90. The van der Waals surface area contributed by atoms with Crippen molar-refractivity contribution in [2.45, 2.75) is 12.5 Å². The number of pyridine rings is 1. The summed E-state index contributed by atoms with van der Waals surface area (Å²) in [5.41, 5.74) is 7.26. The number of anilines is 1. The van der Waals surface area contributed by atoms with Crippen molar-refractivity contribution >= 4 is 22.9 Å². The monoisotopic (exact) mass is 236 g/mol. The molecule has 1 aliphatic heterocycles. The van der Waals surface area contributed by atoms with E-state index in [9.17, 15) is 0 Å². The van der Waals surface area contributed by atoms with Crippen molar-refractivity contribution in [3.8, 4) is 0 Å². The minimum atomic E-state index is 0.340. The fourth-order valence-corrected chi connectivity index (χ4v) is 2.06. The van der Waals surface area contributed by atoms with E-state index in [1.165, 1.54) is 6.42 Å². The van der Waals surface area contributed by atoms with Gasteiger partial charge in [-0.05, 0) is 32.1 Å². The van der Waals surface area contributed by atoms with E-state index >= 15 is 0 Å². The standard InChI is InChI=1S/C11H16N4S/c1-15-5-3-9(7-15)14-8-2-4-13-10(6-8)11(12)16/h2,4,6,9H,3,5,7H2,1H3,(H2,12,16)(H,13,14). The summed E-state index contributed by atoms with van der Waals surface area (Å²) in [7, 11) is 2.13. The average Bonchev–Trinajstić information content (AvgIpc) is 2.64. The van der Waals surface area contributed by atoms with Crippen LogP contribution in [-0.4, -0.2) is 41.1 Å². The molecule has 5 heteroatoms. The molecule has 0 saturated carbocycles. The van der Waals surface area contributed by atoms with Crippen LogP contribution >= 0.6 is 12.2 Å². The lowest BCUT2D eigenvalue weighted by molar-refractivity contribution is 0.414. The molecule has 1 saturated heterocycles. The smallest absolute Gasteiger partial charge is 0.122 e. The highest BCUT2D eigenvalue weighted by Gasteiger charge is 2.18. The predicted octanol–water partition coefficient (Wildman–Crippen LogP) is 0.832. The molecule has 16 heavy (non-hydrogen) atoms. The van der Waals surface area contributed by atoms with Crippen molar-refractivity contribution in [1.82, 2.24) is 9.88 Å². The molecule has 3 N–H and O–H groups in total. The molecule has 0 aliphatic carbocycles. The number of likely N-dealkylation sites (N-methyl/N-ethyl adjacent to an activating group) is 1. The van der Waals surface area contributed by atoms with Gasteiger partial charge in [-0.15, -0.1) is 0 Å². The molecule has 0 amide bonds. The van der Waals surface area contributed by atoms with E-state index < -0.39 is 0 Å². The second-order valence-corrected chi connectivity index (χ2v) is 4.63. The van der Waals surface area contributed by atoms with Crippen molar-refractivity contribution < 1.29 is 0 Å². The number of nitrogens with zero attached hydrogens (tertiary/aromatic N) is 2. The molecule has 1 aromatic rings. The lowest BCUT2D eigenvalue weighted by atomic mass is 10.2. The Kier molecular flexibility index (Phi) is 3.36. The summed E-state index contributed by atoms with van der Waals surface area (Å²) >= 11 is 4.90. The Hall–Kier alpha value is -1.20. The van der Waals surface area contributed by atoms with Gasteiger partial charge < -0.3 is 16.0 Å². The van der Waals surface area contributed by atoms with Crippen molar-refractivity contribution in [3.63, 3.8) is 0 Å². The highest BCUT2D eigenvalue weighted by atomic mass is 32.1. The number of rotatable bonds is 3. The molecular weight excluding hydrogens is 220 g/mol. The van der Waals surface area contributed by atoms with Gasteiger partial charge in [-0.3, -0.25) is 4.98 Å². The fraction of sp³-hybridized carbons (Fsp3) is 0.455. The van der Waals surface area contributed by atoms with Gasteiger partial charge in [0.15, 0.2) is 0 Å². The van der Waals surface area contributed by atoms with Gasteiger partial charge in [0.2, 0.25) is 0 Å². The zero-order valence-corrected chi connectivity index (χ0v) is 10.1. The maximum atomic E-state index is 5.55. The molecule has 1 unspecified atom stereocenters. The third-order valence-electron chi connectivity index (χ3n) is 2.77. The highest BCUT2D eigenvalue weighted by Crippen LogP contribution is 2.15. The first-order chi connectivity index (χ1) is 7.65. The largest absolute Gasteiger partial charge is 0.388 e. The highest BCUT2D eigenvalue weighted by molar-refractivity contribution is 7.80. The minimum absolute atomic E-state index is 0.340. The average molecular weight is 236 g/mol. The molecule has 86 valence electrons. The summed E-state index contributed by atoms with van der Waals surface area (Å²) in [4.78, 5) is 6.76. The Morgan fingerprint density at radius 3 is 3.12 bits per heavy atom. The maximum absolute atomic E-state index is 5.55. The van der Waals surface area contributed by atoms with Crippen LogP contribution in [0.1, 0.15) is 12.1 Å². The molecule has 0 radical (unpaired) electrons. The lowest BCUT2D eigenvalue weighted by Crippen LogP contribution is -2.23. The number of nitrogens with one attached hydrogen (secondary N) is 1. The molecule has 1 aromatic heterocycles. The van der Waals surface area contributed by atoms with E-state index in [4.69, 9.17) is 18.0 Å². The number of thiocarbonyl (C=S) groups is 1. The molecule has 2 heterocycles. The van der Waals surface area contributed by atoms with Gasteiger partial charge in [0.1, 0.15) is 4.99 Å². The summed E-state index contributed by atoms with van der Waals surface area (Å²) in [5, 5.41) is 3.47. The zero-order valence-electron chi connectivity index (χ0n) is 9.31. The quantitative estimate of drug-likeness (QED) is 0.761. The Morgan fingerprint density at radius 2 is 2.50 bits per heavy atom. The second kappa shape index (κ2) is 4.76. The Labute approximate surface area is 101 Å². The molecule has 0 aromatic carbocycles. The Bertz CT molecular complexity index is 393. The first kappa shape index (κ1) is 11.3. The van der Waals surface area contributed by atoms with Crippen LogP contribution in [0.3, 0.4) is 0 Å². The predicted molar refractivity (Wildman–Crippen MR) is 69.6 cm³/mol. The second-order valence-electron chi connectivity index (χ2n) is 4.19. The van der Waals surface area contributed by atoms with Crippen LogP contribution in [0.5, 0.6) is 0 Å². The van der Waals surface area contributed by atoms with Crippen molar-refractivity contribution in [2.24, 2.45) is 5.73 Å². The molecule has 1 fully saturated rings. The third kappa shape index (κ3) is 2.68. The van der Waals surface area contributed by atoms with Gasteiger partial charge in [0.25, 0.3) is 0 Å². The van der Waals surface area contributed by atoms with E-state index in [-0.39, 0.29) is 0 Å². The van der Waals surface area contributed by atoms with Gasteiger partial charge in [0, 0.05) is 24.5 Å². The molecule has 1 atom stereocenters. The summed E-state index contributed by atoms with van der Waals surface area (Å²) in [5.74, 6) is 0. The first-order valence-corrected chi connectivity index (χ1v) is 5.77. The van der Waals surface area contributed by atoms with Crippen LogP contribution < -0.4 is 11.1 Å². The fourth-order valence-electron chi connectivity index (χ4n) is 1.94. The van der Waals surface area contributed by atoms with Crippen LogP contribution in [0.15, 0.2) is 18.3 Å². The van der Waals surface area contributed by atoms with Crippen molar-refractivity contribution in [1.29, 1.82) is 0 Å². The molecule has 4 nitrogen and oxygen atoms in total. The van der Waals surface area contributed by atoms with E-state index in [1.807, 2.05) is 12.1 Å². The van der Waals surface area contributed by atoms with E-state index in [0.29, 0.717) is 16.7 Å². The topological polar surface area (TPSA) is 54.2 Å². The number of nitrogens with two attached hydrogens (primary N) is 1. The van der Waals surface area contributed by atoms with Crippen LogP contribution in [-0.2, 0) is 0 Å². The molecule has 0 spiro atoms. The maximum Gasteiger partial charge on any atom is 0.122 e. The number of likely N-dealkylation sites (tertiary alicyclic amines) is 1. The van der Waals surface area contributed by atoms with Crippen molar-refractivity contribution in [2.75, 3.05) is 25.5 Å². The molecule has 1 aliphatic rings. The molecular formula is C11H16N4S. The van der Waals surface area contributed by atoms with E-state index in [0.717, 1.165) is 18.8 Å². The van der Waals surface area contributed by atoms with Crippen molar-refractivity contribution in [3.05, 3.63) is 24.0 Å². The zero-order chi connectivity index (χ0) is 11.5. The normalized spacial score (nSPS) is 20.9. The lowest BCUT2D eigenvalue weighted by Gasteiger charge is -2.14. The third-order valence-corrected chi connectivity index (χ3v) is 2.98. The Balaban J connectivity index is 2.04. The van der Waals surface area contributed by atoms with Gasteiger partial charge >= 0.3 is 0 Å². The summed E-state index contributed by atoms with van der Waals surface area (Å²) in [6, 6.07) is 4.35. The number of hydrogen-bond acceptors (Lipinski definition) is 4. The summed E-state index contributed by atoms with van der Waals surface area (Å²) in [6.45, 7) is 2.22. The number of hydrogen-bond donors (Lipinski definition) is 2. The first-order valence-electron chi connectivity index (χ1n) is 5.36. The van der Waals surface area contributed by atoms with Gasteiger partial charge in [-0.2, -0.15) is 0 Å². The minimum Gasteiger partial charge on any atom is -0.388 e. The molecule has 2 rings (SSSR count). The van der Waals surface area contributed by atoms with Crippen LogP contribution in [0.2, 0.25) is 0 Å². The number of aromatic nitrogens is 1. The van der Waals surface area contributed by atoms with Crippen LogP contribution in [0, 0.1) is 0 Å². The Morgan fingerprint density at radius 1 is 1.69 bits per heavy atom. The van der Waals surface area contributed by atoms with E-state index in [2.05, 4.69) is 22.2 Å². The van der Waals surface area contributed by atoms with Crippen LogP contribution in [0.25, 0.3) is 0 Å². The van der Waals surface area contributed by atoms with Crippen LogP contribution in [0.4, 0.5) is 5.69 Å². The summed E-state index contributed by atoms with van der Waals surface area (Å²) < 4.78 is 0. The van der Waals surface area contributed by atoms with Gasteiger partial charge in [-0.25, -0.2) is 0 Å².